The smallest absolute Gasteiger partial charge is 0.193 e. The van der Waals surface area contributed by atoms with Gasteiger partial charge >= 0.3 is 0 Å². The van der Waals surface area contributed by atoms with Gasteiger partial charge in [0, 0.05) is 78.6 Å². The number of piperazine rings is 2. The van der Waals surface area contributed by atoms with Crippen LogP contribution in [0.2, 0.25) is 0 Å². The summed E-state index contributed by atoms with van der Waals surface area (Å²) >= 11 is 0. The maximum absolute atomic E-state index is 4.92. The lowest BCUT2D eigenvalue weighted by molar-refractivity contribution is 0.135. The second kappa shape index (κ2) is 13.4. The molecule has 29 heavy (non-hydrogen) atoms. The summed E-state index contributed by atoms with van der Waals surface area (Å²) < 4.78 is 4.92. The maximum Gasteiger partial charge on any atom is 0.193 e. The van der Waals surface area contributed by atoms with E-state index < -0.39 is 0 Å². The normalized spacial score (nSPS) is 19.9. The highest BCUT2D eigenvalue weighted by atomic mass is 127. The second-order valence-corrected chi connectivity index (χ2v) is 7.71. The molecule has 2 fully saturated rings. The average molecular weight is 519 g/mol. The topological polar surface area (TPSA) is 63.4 Å². The Morgan fingerprint density at radius 2 is 1.72 bits per heavy atom. The van der Waals surface area contributed by atoms with E-state index in [1.165, 1.54) is 52.1 Å². The van der Waals surface area contributed by atoms with Crippen LogP contribution >= 0.6 is 24.0 Å². The van der Waals surface area contributed by atoms with Crippen LogP contribution in [0.1, 0.15) is 25.5 Å². The molecule has 1 N–H and O–H groups in total. The third kappa shape index (κ3) is 8.03. The Balaban J connectivity index is 0.00000300. The molecule has 2 aliphatic heterocycles. The third-order valence-corrected chi connectivity index (χ3v) is 5.86. The molecule has 1 aromatic rings. The van der Waals surface area contributed by atoms with Crippen LogP contribution in [0.3, 0.4) is 0 Å². The van der Waals surface area contributed by atoms with Crippen LogP contribution in [-0.4, -0.2) is 110 Å². The third-order valence-electron chi connectivity index (χ3n) is 5.86. The van der Waals surface area contributed by atoms with Gasteiger partial charge < -0.3 is 24.5 Å². The summed E-state index contributed by atoms with van der Waals surface area (Å²) in [5, 5.41) is 7.56. The number of likely N-dealkylation sites (N-methyl/N-ethyl adjacent to an activating group) is 1. The van der Waals surface area contributed by atoms with E-state index >= 15 is 0 Å². The van der Waals surface area contributed by atoms with Gasteiger partial charge in [0.1, 0.15) is 6.26 Å². The van der Waals surface area contributed by atoms with E-state index in [9.17, 15) is 0 Å². The summed E-state index contributed by atoms with van der Waals surface area (Å²) in [4.78, 5) is 14.4. The molecule has 0 unspecified atom stereocenters. The van der Waals surface area contributed by atoms with E-state index in [1.54, 1.807) is 6.26 Å². The molecule has 0 atom stereocenters. The minimum Gasteiger partial charge on any atom is -0.364 e. The van der Waals surface area contributed by atoms with E-state index in [0.29, 0.717) is 0 Å². The Labute approximate surface area is 192 Å². The fraction of sp³-hybridized carbons (Fsp3) is 0.800. The number of rotatable bonds is 8. The molecule has 3 rings (SSSR count). The summed E-state index contributed by atoms with van der Waals surface area (Å²) in [6.07, 6.45) is 4.09. The maximum atomic E-state index is 4.92. The molecule has 0 amide bonds. The second-order valence-electron chi connectivity index (χ2n) is 7.71. The van der Waals surface area contributed by atoms with Crippen molar-refractivity contribution in [1.82, 2.24) is 30.1 Å². The number of halogens is 1. The Kier molecular flexibility index (Phi) is 11.3. The highest BCUT2D eigenvalue weighted by Gasteiger charge is 2.20. The standard InChI is InChI=1S/C20H37N7O.HI/c1-3-24-9-11-25(12-10-24)8-5-4-7-22-20(21-2)27-15-13-26(14-16-27)18-19-6-17-28-23-19;/h6,17H,3-5,7-16,18H2,1-2H3,(H,21,22);1H. The van der Waals surface area contributed by atoms with Crippen LogP contribution in [0.25, 0.3) is 0 Å². The van der Waals surface area contributed by atoms with Gasteiger partial charge in [-0.05, 0) is 25.9 Å². The molecule has 2 aliphatic rings. The van der Waals surface area contributed by atoms with Crippen molar-refractivity contribution in [2.45, 2.75) is 26.3 Å². The molecular formula is C20H38IN7O. The van der Waals surface area contributed by atoms with Crippen LogP contribution in [0.15, 0.2) is 21.8 Å². The summed E-state index contributed by atoms with van der Waals surface area (Å²) in [5.41, 5.74) is 1.01. The number of guanidine groups is 1. The Morgan fingerprint density at radius 3 is 2.34 bits per heavy atom. The molecule has 0 aliphatic carbocycles. The van der Waals surface area contributed by atoms with Gasteiger partial charge in [-0.15, -0.1) is 24.0 Å². The number of hydrogen-bond donors (Lipinski definition) is 1. The van der Waals surface area contributed by atoms with Gasteiger partial charge in [0.05, 0.1) is 5.69 Å². The molecule has 166 valence electrons. The molecule has 8 nitrogen and oxygen atoms in total. The molecule has 0 saturated carbocycles. The number of aromatic nitrogens is 1. The number of nitrogens with one attached hydrogen (secondary N) is 1. The van der Waals surface area contributed by atoms with Crippen molar-refractivity contribution >= 4 is 29.9 Å². The predicted molar refractivity (Wildman–Crippen MR) is 128 cm³/mol. The monoisotopic (exact) mass is 519 g/mol. The summed E-state index contributed by atoms with van der Waals surface area (Å²) in [5.74, 6) is 1.04. The van der Waals surface area contributed by atoms with Crippen LogP contribution in [-0.2, 0) is 6.54 Å². The molecule has 0 spiro atoms. The zero-order valence-corrected chi connectivity index (χ0v) is 20.4. The molecular weight excluding hydrogens is 481 g/mol. The largest absolute Gasteiger partial charge is 0.364 e. The number of hydrogen-bond acceptors (Lipinski definition) is 6. The average Bonchev–Trinajstić information content (AvgIpc) is 3.25. The lowest BCUT2D eigenvalue weighted by Crippen LogP contribution is -2.52. The molecule has 1 aromatic heterocycles. The Morgan fingerprint density at radius 1 is 1.03 bits per heavy atom. The molecule has 0 bridgehead atoms. The lowest BCUT2D eigenvalue weighted by atomic mass is 10.2. The van der Waals surface area contributed by atoms with Crippen molar-refractivity contribution < 1.29 is 4.52 Å². The van der Waals surface area contributed by atoms with Crippen molar-refractivity contribution in [2.24, 2.45) is 4.99 Å². The van der Waals surface area contributed by atoms with Crippen molar-refractivity contribution in [3.63, 3.8) is 0 Å². The van der Waals surface area contributed by atoms with Gasteiger partial charge in [-0.25, -0.2) is 0 Å². The number of nitrogens with zero attached hydrogens (tertiary/aromatic N) is 6. The molecule has 0 radical (unpaired) electrons. The van der Waals surface area contributed by atoms with E-state index in [1.807, 2.05) is 13.1 Å². The summed E-state index contributed by atoms with van der Waals surface area (Å²) in [6.45, 7) is 15.5. The van der Waals surface area contributed by atoms with Crippen molar-refractivity contribution in [3.8, 4) is 0 Å². The van der Waals surface area contributed by atoms with Crippen molar-refractivity contribution in [3.05, 3.63) is 18.0 Å². The first-order valence-corrected chi connectivity index (χ1v) is 10.8. The predicted octanol–water partition coefficient (Wildman–Crippen LogP) is 1.40. The van der Waals surface area contributed by atoms with E-state index in [0.717, 1.165) is 50.9 Å². The van der Waals surface area contributed by atoms with E-state index in [-0.39, 0.29) is 24.0 Å². The van der Waals surface area contributed by atoms with Crippen molar-refractivity contribution in [1.29, 1.82) is 0 Å². The summed E-state index contributed by atoms with van der Waals surface area (Å²) in [7, 11) is 1.89. The molecule has 2 saturated heterocycles. The zero-order chi connectivity index (χ0) is 19.6. The molecule has 0 aromatic carbocycles. The van der Waals surface area contributed by atoms with Gasteiger partial charge in [-0.1, -0.05) is 12.1 Å². The minimum atomic E-state index is 0. The van der Waals surface area contributed by atoms with Gasteiger partial charge in [0.25, 0.3) is 0 Å². The zero-order valence-electron chi connectivity index (χ0n) is 18.1. The minimum absolute atomic E-state index is 0. The molecule has 9 heteroatoms. The molecule has 3 heterocycles. The quantitative estimate of drug-likeness (QED) is 0.241. The number of unbranched alkanes of at least 4 members (excludes halogenated alkanes) is 1. The highest BCUT2D eigenvalue weighted by Crippen LogP contribution is 2.07. The number of aliphatic imine (C=N–C) groups is 1. The SMILES string of the molecule is CCN1CCN(CCCCNC(=NC)N2CCN(Cc3ccon3)CC2)CC1.I. The first kappa shape index (κ1) is 24.4. The fourth-order valence-electron chi connectivity index (χ4n) is 3.99. The van der Waals surface area contributed by atoms with Crippen LogP contribution < -0.4 is 5.32 Å². The summed E-state index contributed by atoms with van der Waals surface area (Å²) in [6, 6.07) is 1.94. The van der Waals surface area contributed by atoms with Crippen molar-refractivity contribution in [2.75, 3.05) is 79.0 Å². The first-order valence-electron chi connectivity index (χ1n) is 10.8. The van der Waals surface area contributed by atoms with E-state index in [4.69, 9.17) is 4.52 Å². The highest BCUT2D eigenvalue weighted by molar-refractivity contribution is 14.0. The van der Waals surface area contributed by atoms with Crippen LogP contribution in [0, 0.1) is 0 Å². The fourth-order valence-corrected chi connectivity index (χ4v) is 3.99. The van der Waals surface area contributed by atoms with Crippen LogP contribution in [0.4, 0.5) is 0 Å². The van der Waals surface area contributed by atoms with Gasteiger partial charge in [0.15, 0.2) is 5.96 Å². The van der Waals surface area contributed by atoms with Crippen LogP contribution in [0.5, 0.6) is 0 Å². The van der Waals surface area contributed by atoms with Gasteiger partial charge in [-0.3, -0.25) is 9.89 Å². The van der Waals surface area contributed by atoms with Gasteiger partial charge in [-0.2, -0.15) is 0 Å². The van der Waals surface area contributed by atoms with E-state index in [2.05, 4.69) is 42.0 Å². The first-order chi connectivity index (χ1) is 13.8. The Bertz CT molecular complexity index is 567. The lowest BCUT2D eigenvalue weighted by Gasteiger charge is -2.36. The van der Waals surface area contributed by atoms with Gasteiger partial charge in [0.2, 0.25) is 0 Å². The Hall–Kier alpha value is -0.910.